The Bertz CT molecular complexity index is 3590. The predicted octanol–water partition coefficient (Wildman–Crippen LogP) is 10.1. The first kappa shape index (κ1) is 57.9. The maximum Gasteiger partial charge on any atom is 0.410 e. The van der Waals surface area contributed by atoms with Crippen LogP contribution in [0.4, 0.5) is 15.0 Å². The first-order valence-electron chi connectivity index (χ1n) is 29.1. The van der Waals surface area contributed by atoms with Gasteiger partial charge < -0.3 is 49.0 Å². The molecule has 4 aromatic heterocycles. The Morgan fingerprint density at radius 2 is 1.74 bits per heavy atom. The number of piperazine rings is 1. The molecule has 442 valence electrons. The number of β-amino-alcohol motifs (C(OH)–C–C–N with tert-alkyl or cyclic N) is 1. The quantitative estimate of drug-likeness (QED) is 0.0772. The Hall–Kier alpha value is -7.91. The molecule has 3 aromatic carbocycles. The molecular formula is C63H73FN10O9S. The molecule has 3 unspecified atom stereocenters. The molecule has 3 amide bonds. The average molecular weight is 1170 g/mol. The van der Waals surface area contributed by atoms with Crippen LogP contribution in [0.2, 0.25) is 0 Å². The molecule has 19 nitrogen and oxygen atoms in total. The topological polar surface area (TPSA) is 222 Å². The molecule has 3 saturated heterocycles. The van der Waals surface area contributed by atoms with Crippen LogP contribution in [0.1, 0.15) is 109 Å². The second-order valence-electron chi connectivity index (χ2n) is 23.9. The maximum absolute atomic E-state index is 17.4. The molecule has 0 radical (unpaired) electrons. The van der Waals surface area contributed by atoms with Crippen LogP contribution >= 0.6 is 11.3 Å². The number of aromatic nitrogens is 5. The van der Waals surface area contributed by atoms with E-state index >= 15 is 4.39 Å². The number of amides is 3. The molecule has 4 aliphatic rings. The van der Waals surface area contributed by atoms with E-state index in [9.17, 15) is 24.6 Å². The molecule has 7 aromatic rings. The molecule has 21 heteroatoms. The van der Waals surface area contributed by atoms with Crippen LogP contribution in [0.25, 0.3) is 43.4 Å². The number of hydrogen-bond acceptors (Lipinski definition) is 17. The molecule has 0 spiro atoms. The number of pyridine rings is 1. The number of thiazole rings is 1. The highest BCUT2D eigenvalue weighted by Gasteiger charge is 2.46. The number of nitrogens with one attached hydrogen (secondary N) is 1. The van der Waals surface area contributed by atoms with Gasteiger partial charge >= 0.3 is 12.1 Å². The van der Waals surface area contributed by atoms with Gasteiger partial charge in [0, 0.05) is 56.3 Å². The molecule has 0 aliphatic carbocycles. The van der Waals surface area contributed by atoms with Crippen molar-refractivity contribution in [3.05, 3.63) is 113 Å². The smallest absolute Gasteiger partial charge is 0.410 e. The molecule has 84 heavy (non-hydrogen) atoms. The molecular weight excluding hydrogens is 1090 g/mol. The number of carbonyl (C=O) groups is 3. The average Bonchev–Trinajstić information content (AvgIpc) is 2.59. The van der Waals surface area contributed by atoms with Crippen molar-refractivity contribution >= 4 is 56.7 Å². The fourth-order valence-corrected chi connectivity index (χ4v) is 13.1. The molecule has 7 atom stereocenters. The van der Waals surface area contributed by atoms with E-state index in [0.29, 0.717) is 61.7 Å². The summed E-state index contributed by atoms with van der Waals surface area (Å²) in [6.07, 6.45) is 7.57. The van der Waals surface area contributed by atoms with E-state index in [4.69, 9.17) is 33.7 Å². The van der Waals surface area contributed by atoms with Crippen molar-refractivity contribution in [2.45, 2.75) is 129 Å². The molecule has 4 aliphatic heterocycles. The van der Waals surface area contributed by atoms with E-state index in [-0.39, 0.29) is 96.3 Å². The van der Waals surface area contributed by atoms with Gasteiger partial charge in [-0.3, -0.25) is 19.5 Å². The Morgan fingerprint density at radius 1 is 0.964 bits per heavy atom. The molecule has 8 heterocycles. The van der Waals surface area contributed by atoms with Gasteiger partial charge in [0.25, 0.3) is 5.88 Å². The number of anilines is 1. The zero-order valence-electron chi connectivity index (χ0n) is 48.8. The highest BCUT2D eigenvalue weighted by atomic mass is 32.1. The number of aliphatic hydroxyl groups excluding tert-OH is 1. The summed E-state index contributed by atoms with van der Waals surface area (Å²) >= 11 is 1.58. The minimum atomic E-state index is -0.871. The summed E-state index contributed by atoms with van der Waals surface area (Å²) in [6, 6.07) is 17.1. The van der Waals surface area contributed by atoms with Crippen LogP contribution in [-0.4, -0.2) is 144 Å². The number of hydrogen-bond donors (Lipinski definition) is 3. The molecule has 2 bridgehead atoms. The number of phenols is 1. The number of fused-ring (bicyclic) bond motifs is 4. The summed E-state index contributed by atoms with van der Waals surface area (Å²) in [5.74, 6) is -1.31. The summed E-state index contributed by atoms with van der Waals surface area (Å²) in [5.41, 5.74) is 5.62. The summed E-state index contributed by atoms with van der Waals surface area (Å²) in [5, 5.41) is 30.9. The number of aromatic hydroxyl groups is 1. The SMILES string of the molecule is CCc1cccc2cc(O)cc(-c3ncc4c(N5CC6CCC(C5)N6C(=O)OC(C)(C)C)nc(OCCN5C=CC(COc6cc([C@H](C(=O)N7C[C@H](O)C[C@H]7C(=O)N[C@@H](C)c7ccc(-c8scnc8C)cc7)C(C)C)on6)CC5)nc4c3F)c12. The lowest BCUT2D eigenvalue weighted by molar-refractivity contribution is -0.141. The van der Waals surface area contributed by atoms with Crippen LogP contribution in [0.3, 0.4) is 0 Å². The first-order chi connectivity index (χ1) is 40.3. The van der Waals surface area contributed by atoms with Crippen molar-refractivity contribution in [1.29, 1.82) is 0 Å². The number of benzene rings is 3. The van der Waals surface area contributed by atoms with Crippen molar-refractivity contribution in [1.82, 2.24) is 45.1 Å². The van der Waals surface area contributed by atoms with Crippen LogP contribution in [0.5, 0.6) is 17.6 Å². The van der Waals surface area contributed by atoms with E-state index in [1.807, 2.05) is 114 Å². The number of ether oxygens (including phenoxy) is 3. The standard InChI is InChI=1S/C63H73FN10O9S/c1-9-39-11-10-12-42-25-45(75)26-47(53(39)42)55-54(64)56-48(29-65-55)58(72-30-43-17-18-44(31-72)74(43)62(79)82-63(6,7)8)69-61(68-56)80-24-23-71-21-19-38(20-22-71)33-81-51-28-50(83-70-51)52(35(2)3)60(78)73-32-46(76)27-49(73)59(77)67-36(4)40-13-15-41(16-14-40)57-37(5)66-34-84-57/h10-16,19,21,25-26,28-29,34-36,38,43-44,46,49,52,75-76H,9,17-18,20,22-24,27,30-33H2,1-8H3,(H,67,77)/t36-,38?,43?,44?,46+,49-,52+/m0/s1. The molecule has 0 saturated carbocycles. The number of likely N-dealkylation sites (tertiary alicyclic amines) is 1. The monoisotopic (exact) mass is 1160 g/mol. The second-order valence-corrected chi connectivity index (χ2v) is 24.8. The van der Waals surface area contributed by atoms with Crippen LogP contribution in [0, 0.1) is 24.6 Å². The van der Waals surface area contributed by atoms with Gasteiger partial charge in [-0.1, -0.05) is 69.3 Å². The normalized spacial score (nSPS) is 20.5. The van der Waals surface area contributed by atoms with E-state index in [1.54, 1.807) is 35.7 Å². The van der Waals surface area contributed by atoms with Gasteiger partial charge in [0.1, 0.15) is 46.9 Å². The Kier molecular flexibility index (Phi) is 16.5. The summed E-state index contributed by atoms with van der Waals surface area (Å²) < 4.78 is 41.4. The lowest BCUT2D eigenvalue weighted by atomic mass is 9.91. The number of nitrogens with zero attached hydrogens (tertiary/aromatic N) is 9. The third kappa shape index (κ3) is 12.1. The van der Waals surface area contributed by atoms with Crippen molar-refractivity contribution in [2.75, 3.05) is 50.8 Å². The van der Waals surface area contributed by atoms with E-state index in [1.165, 1.54) is 4.90 Å². The lowest BCUT2D eigenvalue weighted by Crippen LogP contribution is -2.57. The third-order valence-corrected chi connectivity index (χ3v) is 17.5. The van der Waals surface area contributed by atoms with Gasteiger partial charge in [0.15, 0.2) is 11.6 Å². The third-order valence-electron chi connectivity index (χ3n) is 16.5. The minimum absolute atomic E-state index is 0.000312. The number of carbonyl (C=O) groups excluding carboxylic acids is 3. The van der Waals surface area contributed by atoms with Gasteiger partial charge in [-0.15, -0.1) is 11.3 Å². The Morgan fingerprint density at radius 3 is 2.43 bits per heavy atom. The van der Waals surface area contributed by atoms with Crippen LogP contribution in [-0.2, 0) is 20.7 Å². The van der Waals surface area contributed by atoms with E-state index < -0.39 is 29.5 Å². The summed E-state index contributed by atoms with van der Waals surface area (Å²) in [6.45, 7) is 17.8. The molecule has 3 fully saturated rings. The van der Waals surface area contributed by atoms with Crippen molar-refractivity contribution in [3.8, 4) is 39.3 Å². The lowest BCUT2D eigenvalue weighted by Gasteiger charge is -2.42. The number of aryl methyl sites for hydroxylation is 2. The van der Waals surface area contributed by atoms with Gasteiger partial charge in [0.05, 0.1) is 58.8 Å². The number of rotatable bonds is 17. The number of aliphatic hydroxyl groups is 1. The Labute approximate surface area is 491 Å². The van der Waals surface area contributed by atoms with Crippen LogP contribution in [0.15, 0.2) is 89.2 Å². The van der Waals surface area contributed by atoms with Gasteiger partial charge in [-0.25, -0.2) is 14.2 Å². The highest BCUT2D eigenvalue weighted by molar-refractivity contribution is 7.13. The van der Waals surface area contributed by atoms with Crippen molar-refractivity contribution in [2.24, 2.45) is 11.8 Å². The largest absolute Gasteiger partial charge is 0.508 e. The predicted molar refractivity (Wildman–Crippen MR) is 317 cm³/mol. The molecule has 11 rings (SSSR count). The maximum atomic E-state index is 17.4. The second kappa shape index (κ2) is 24.0. The molecule has 3 N–H and O–H groups in total. The summed E-state index contributed by atoms with van der Waals surface area (Å²) in [4.78, 5) is 68.9. The van der Waals surface area contributed by atoms with E-state index in [2.05, 4.69) is 31.3 Å². The van der Waals surface area contributed by atoms with Crippen molar-refractivity contribution < 1.29 is 47.7 Å². The number of halogens is 1. The zero-order chi connectivity index (χ0) is 59.1. The van der Waals surface area contributed by atoms with Gasteiger partial charge in [-0.05, 0) is 117 Å². The zero-order valence-corrected chi connectivity index (χ0v) is 49.6. The van der Waals surface area contributed by atoms with Gasteiger partial charge in [0.2, 0.25) is 11.8 Å². The number of phenolic OH excluding ortho intramolecular Hbond substituents is 1. The van der Waals surface area contributed by atoms with E-state index in [0.717, 1.165) is 57.3 Å². The minimum Gasteiger partial charge on any atom is -0.508 e. The first-order valence-corrected chi connectivity index (χ1v) is 30.0. The van der Waals surface area contributed by atoms with Crippen LogP contribution < -0.4 is 19.7 Å². The Balaban J connectivity index is 0.734. The summed E-state index contributed by atoms with van der Waals surface area (Å²) in [7, 11) is 0. The van der Waals surface area contributed by atoms with Crippen molar-refractivity contribution in [3.63, 3.8) is 0 Å². The van der Waals surface area contributed by atoms with Gasteiger partial charge in [-0.2, -0.15) is 9.97 Å². The fourth-order valence-electron chi connectivity index (χ4n) is 12.3. The highest BCUT2D eigenvalue weighted by Crippen LogP contribution is 2.41. The fraction of sp³-hybridized carbons (Fsp3) is 0.460.